The number of carbonyl (C=O) groups excluding carboxylic acids is 2. The molecule has 0 aromatic heterocycles. The zero-order valence-electron chi connectivity index (χ0n) is 13.4. The van der Waals surface area contributed by atoms with E-state index in [0.29, 0.717) is 0 Å². The van der Waals surface area contributed by atoms with Crippen molar-refractivity contribution in [2.45, 2.75) is 6.92 Å². The molecule has 0 atom stereocenters. The van der Waals surface area contributed by atoms with E-state index in [1.165, 1.54) is 24.3 Å². The van der Waals surface area contributed by atoms with Crippen molar-refractivity contribution < 1.29 is 18.7 Å². The largest absolute Gasteiger partial charge is 0.481 e. The first-order valence-corrected chi connectivity index (χ1v) is 8.15. The molecule has 25 heavy (non-hydrogen) atoms. The van der Waals surface area contributed by atoms with E-state index in [9.17, 15) is 14.0 Å². The molecule has 0 aliphatic carbocycles. The number of para-hydroxylation sites is 1. The lowest BCUT2D eigenvalue weighted by atomic mass is 10.1. The summed E-state index contributed by atoms with van der Waals surface area (Å²) in [5.41, 5.74) is 6.33. The summed E-state index contributed by atoms with van der Waals surface area (Å²) in [6.45, 7) is 1.54. The molecule has 130 valence electrons. The molecule has 2 rings (SSSR count). The fraction of sp³-hybridized carbons (Fsp3) is 0.111. The third kappa shape index (κ3) is 6.04. The van der Waals surface area contributed by atoms with Crippen LogP contribution in [0.2, 0.25) is 0 Å². The van der Waals surface area contributed by atoms with Gasteiger partial charge in [-0.3, -0.25) is 20.4 Å². The van der Waals surface area contributed by atoms with Gasteiger partial charge in [0.15, 0.2) is 18.2 Å². The maximum atomic E-state index is 13.3. The standard InChI is InChI=1S/C18H16BrFN2O3/c1-12-6-7-13(14(19)10-12)8-9-17(23)21-22-18(24)11-25-16-5-3-2-4-15(16)20/h2-10H,11H2,1H3,(H,21,23)(H,22,24)/b9-8+. The van der Waals surface area contributed by atoms with Crippen LogP contribution in [0.1, 0.15) is 11.1 Å². The van der Waals surface area contributed by atoms with Gasteiger partial charge in [-0.05, 0) is 42.3 Å². The van der Waals surface area contributed by atoms with Crippen LogP contribution in [0.5, 0.6) is 5.75 Å². The van der Waals surface area contributed by atoms with Crippen LogP contribution in [-0.2, 0) is 9.59 Å². The summed E-state index contributed by atoms with van der Waals surface area (Å²) < 4.78 is 19.2. The van der Waals surface area contributed by atoms with E-state index in [1.807, 2.05) is 25.1 Å². The summed E-state index contributed by atoms with van der Waals surface area (Å²) in [6.07, 6.45) is 2.90. The molecule has 0 aliphatic heterocycles. The molecule has 2 aromatic rings. The summed E-state index contributed by atoms with van der Waals surface area (Å²) in [6, 6.07) is 11.5. The monoisotopic (exact) mass is 406 g/mol. The average Bonchev–Trinajstić information content (AvgIpc) is 2.58. The van der Waals surface area contributed by atoms with Gasteiger partial charge in [0.2, 0.25) is 0 Å². The number of aryl methyl sites for hydroxylation is 1. The molecule has 0 aliphatic rings. The Kier molecular flexibility index (Phi) is 6.71. The number of hydrogen-bond acceptors (Lipinski definition) is 3. The Bertz CT molecular complexity index is 809. The van der Waals surface area contributed by atoms with Crippen molar-refractivity contribution in [2.24, 2.45) is 0 Å². The Balaban J connectivity index is 1.78. The zero-order chi connectivity index (χ0) is 18.2. The van der Waals surface area contributed by atoms with Crippen LogP contribution in [0.3, 0.4) is 0 Å². The second-order valence-corrected chi connectivity index (χ2v) is 5.97. The van der Waals surface area contributed by atoms with Gasteiger partial charge >= 0.3 is 0 Å². The highest BCUT2D eigenvalue weighted by molar-refractivity contribution is 9.10. The molecule has 0 bridgehead atoms. The minimum absolute atomic E-state index is 0.0342. The van der Waals surface area contributed by atoms with Crippen LogP contribution in [0.4, 0.5) is 4.39 Å². The lowest BCUT2D eigenvalue weighted by Crippen LogP contribution is -2.43. The lowest BCUT2D eigenvalue weighted by molar-refractivity contribution is -0.128. The van der Waals surface area contributed by atoms with E-state index < -0.39 is 24.2 Å². The van der Waals surface area contributed by atoms with Crippen molar-refractivity contribution in [2.75, 3.05) is 6.61 Å². The zero-order valence-corrected chi connectivity index (χ0v) is 15.0. The predicted molar refractivity (Wildman–Crippen MR) is 96.1 cm³/mol. The van der Waals surface area contributed by atoms with Gasteiger partial charge in [-0.2, -0.15) is 0 Å². The number of ether oxygens (including phenoxy) is 1. The van der Waals surface area contributed by atoms with Gasteiger partial charge in [-0.25, -0.2) is 4.39 Å². The van der Waals surface area contributed by atoms with Gasteiger partial charge in [0, 0.05) is 10.5 Å². The number of benzene rings is 2. The molecular weight excluding hydrogens is 391 g/mol. The molecule has 2 aromatic carbocycles. The van der Waals surface area contributed by atoms with E-state index in [-0.39, 0.29) is 5.75 Å². The quantitative estimate of drug-likeness (QED) is 0.591. The fourth-order valence-corrected chi connectivity index (χ4v) is 2.47. The minimum atomic E-state index is -0.610. The number of hydrogen-bond donors (Lipinski definition) is 2. The molecule has 2 N–H and O–H groups in total. The van der Waals surface area contributed by atoms with E-state index in [0.717, 1.165) is 15.6 Å². The smallest absolute Gasteiger partial charge is 0.276 e. The number of halogens is 2. The molecule has 0 fully saturated rings. The molecule has 0 unspecified atom stereocenters. The van der Waals surface area contributed by atoms with Crippen LogP contribution in [0.15, 0.2) is 53.0 Å². The minimum Gasteiger partial charge on any atom is -0.481 e. The fourth-order valence-electron chi connectivity index (χ4n) is 1.85. The third-order valence-electron chi connectivity index (χ3n) is 3.09. The predicted octanol–water partition coefficient (Wildman–Crippen LogP) is 3.14. The van der Waals surface area contributed by atoms with Crippen molar-refractivity contribution in [3.8, 4) is 5.75 Å². The first kappa shape index (κ1) is 18.7. The number of rotatable bonds is 5. The Morgan fingerprint density at radius 1 is 1.20 bits per heavy atom. The molecule has 0 saturated heterocycles. The van der Waals surface area contributed by atoms with E-state index in [4.69, 9.17) is 4.74 Å². The Hall–Kier alpha value is -2.67. The second kappa shape index (κ2) is 8.98. The first-order valence-electron chi connectivity index (χ1n) is 7.36. The number of carbonyl (C=O) groups is 2. The number of hydrazine groups is 1. The van der Waals surface area contributed by atoms with Crippen molar-refractivity contribution >= 4 is 33.8 Å². The van der Waals surface area contributed by atoms with Crippen LogP contribution in [-0.4, -0.2) is 18.4 Å². The van der Waals surface area contributed by atoms with Crippen molar-refractivity contribution in [3.05, 3.63) is 70.0 Å². The molecular formula is C18H16BrFN2O3. The molecule has 5 nitrogen and oxygen atoms in total. The van der Waals surface area contributed by atoms with E-state index >= 15 is 0 Å². The summed E-state index contributed by atoms with van der Waals surface area (Å²) in [7, 11) is 0. The van der Waals surface area contributed by atoms with E-state index in [2.05, 4.69) is 26.8 Å². The van der Waals surface area contributed by atoms with Crippen LogP contribution >= 0.6 is 15.9 Å². The summed E-state index contributed by atoms with van der Waals surface area (Å²) in [5, 5.41) is 0. The van der Waals surface area contributed by atoms with Gasteiger partial charge in [0.05, 0.1) is 0 Å². The molecule has 0 saturated carbocycles. The lowest BCUT2D eigenvalue weighted by Gasteiger charge is -2.08. The third-order valence-corrected chi connectivity index (χ3v) is 3.78. The normalized spacial score (nSPS) is 10.5. The summed E-state index contributed by atoms with van der Waals surface area (Å²) >= 11 is 3.41. The van der Waals surface area contributed by atoms with Crippen LogP contribution < -0.4 is 15.6 Å². The molecule has 0 radical (unpaired) electrons. The second-order valence-electron chi connectivity index (χ2n) is 5.11. The van der Waals surface area contributed by atoms with Crippen molar-refractivity contribution in [1.82, 2.24) is 10.9 Å². The Morgan fingerprint density at radius 3 is 2.68 bits per heavy atom. The molecule has 2 amide bonds. The van der Waals surface area contributed by atoms with Gasteiger partial charge in [0.1, 0.15) is 0 Å². The van der Waals surface area contributed by atoms with Crippen molar-refractivity contribution in [1.29, 1.82) is 0 Å². The Labute approximate surface area is 153 Å². The highest BCUT2D eigenvalue weighted by atomic mass is 79.9. The maximum Gasteiger partial charge on any atom is 0.276 e. The van der Waals surface area contributed by atoms with Gasteiger partial charge in [0.25, 0.3) is 11.8 Å². The number of nitrogens with one attached hydrogen (secondary N) is 2. The Morgan fingerprint density at radius 2 is 1.96 bits per heavy atom. The highest BCUT2D eigenvalue weighted by Crippen LogP contribution is 2.19. The van der Waals surface area contributed by atoms with Crippen LogP contribution in [0.25, 0.3) is 6.08 Å². The SMILES string of the molecule is Cc1ccc(/C=C/C(=O)NNC(=O)COc2ccccc2F)c(Br)c1. The van der Waals surface area contributed by atoms with E-state index in [1.54, 1.807) is 12.1 Å². The van der Waals surface area contributed by atoms with Gasteiger partial charge in [-0.15, -0.1) is 0 Å². The van der Waals surface area contributed by atoms with Gasteiger partial charge in [-0.1, -0.05) is 40.2 Å². The number of amides is 2. The molecule has 7 heteroatoms. The molecule has 0 heterocycles. The topological polar surface area (TPSA) is 67.4 Å². The molecule has 0 spiro atoms. The van der Waals surface area contributed by atoms with Crippen molar-refractivity contribution in [3.63, 3.8) is 0 Å². The summed E-state index contributed by atoms with van der Waals surface area (Å²) in [5.74, 6) is -1.72. The first-order chi connectivity index (χ1) is 12.0. The van der Waals surface area contributed by atoms with Gasteiger partial charge < -0.3 is 4.74 Å². The van der Waals surface area contributed by atoms with Crippen LogP contribution in [0, 0.1) is 12.7 Å². The summed E-state index contributed by atoms with van der Waals surface area (Å²) in [4.78, 5) is 23.3. The average molecular weight is 407 g/mol. The maximum absolute atomic E-state index is 13.3. The highest BCUT2D eigenvalue weighted by Gasteiger charge is 2.06.